The van der Waals surface area contributed by atoms with Crippen molar-refractivity contribution in [2.45, 2.75) is 40.5 Å². The Kier molecular flexibility index (Phi) is 6.44. The van der Waals surface area contributed by atoms with Crippen LogP contribution in [0.25, 0.3) is 11.0 Å². The summed E-state index contributed by atoms with van der Waals surface area (Å²) < 4.78 is 37.9. The smallest absolute Gasteiger partial charge is 0.387 e. The Bertz CT molecular complexity index is 1070. The molecular weight excluding hydrogens is 394 g/mol. The SMILES string of the molecule is CCOC(=O)c1ccc2c(c1)n(CC(=O)c1ccc(OC(F)F)cc1)c(C)[n+]2CC. The van der Waals surface area contributed by atoms with Crippen molar-refractivity contribution in [3.63, 3.8) is 0 Å². The summed E-state index contributed by atoms with van der Waals surface area (Å²) in [4.78, 5) is 25.0. The highest BCUT2D eigenvalue weighted by Crippen LogP contribution is 2.20. The Balaban J connectivity index is 1.95. The number of aromatic nitrogens is 2. The average Bonchev–Trinajstić information content (AvgIpc) is 2.98. The van der Waals surface area contributed by atoms with Gasteiger partial charge in [0.2, 0.25) is 5.78 Å². The van der Waals surface area contributed by atoms with E-state index in [1.54, 1.807) is 19.1 Å². The third-order valence-corrected chi connectivity index (χ3v) is 4.87. The molecule has 158 valence electrons. The number of halogens is 2. The number of rotatable bonds is 8. The zero-order valence-corrected chi connectivity index (χ0v) is 17.0. The van der Waals surface area contributed by atoms with E-state index in [1.807, 2.05) is 24.5 Å². The highest BCUT2D eigenvalue weighted by molar-refractivity contribution is 5.97. The Morgan fingerprint density at radius 1 is 1.07 bits per heavy atom. The Hall–Kier alpha value is -3.29. The Morgan fingerprint density at radius 2 is 1.73 bits per heavy atom. The van der Waals surface area contributed by atoms with Crippen molar-refractivity contribution in [3.05, 3.63) is 59.4 Å². The van der Waals surface area contributed by atoms with Gasteiger partial charge in [-0.05, 0) is 50.2 Å². The first-order valence-electron chi connectivity index (χ1n) is 9.63. The van der Waals surface area contributed by atoms with E-state index in [2.05, 4.69) is 9.30 Å². The average molecular weight is 417 g/mol. The standard InChI is InChI=1S/C22H23F2N2O4/c1-4-25-14(3)26(19-12-16(8-11-18(19)25)21(28)29-5-2)13-20(27)15-6-9-17(10-7-15)30-22(23)24/h6-12,22H,4-5,13H2,1-3H3/q+1. The molecule has 30 heavy (non-hydrogen) atoms. The first-order chi connectivity index (χ1) is 14.3. The lowest BCUT2D eigenvalue weighted by Gasteiger charge is -2.05. The molecule has 0 saturated carbocycles. The maximum absolute atomic E-state index is 12.9. The van der Waals surface area contributed by atoms with E-state index in [9.17, 15) is 18.4 Å². The van der Waals surface area contributed by atoms with Crippen LogP contribution in [0.1, 0.15) is 40.4 Å². The number of imidazole rings is 1. The van der Waals surface area contributed by atoms with Gasteiger partial charge in [-0.15, -0.1) is 0 Å². The van der Waals surface area contributed by atoms with Crippen LogP contribution in [0.5, 0.6) is 5.75 Å². The molecule has 0 spiro atoms. The molecule has 8 heteroatoms. The number of hydrogen-bond acceptors (Lipinski definition) is 4. The highest BCUT2D eigenvalue weighted by atomic mass is 19.3. The van der Waals surface area contributed by atoms with Crippen molar-refractivity contribution in [3.8, 4) is 5.75 Å². The van der Waals surface area contributed by atoms with Crippen molar-refractivity contribution in [2.75, 3.05) is 6.61 Å². The largest absolute Gasteiger partial charge is 0.462 e. The minimum absolute atomic E-state index is 0.00736. The highest BCUT2D eigenvalue weighted by Gasteiger charge is 2.24. The summed E-state index contributed by atoms with van der Waals surface area (Å²) in [7, 11) is 0. The maximum Gasteiger partial charge on any atom is 0.387 e. The summed E-state index contributed by atoms with van der Waals surface area (Å²) in [5.41, 5.74) is 2.43. The predicted molar refractivity (Wildman–Crippen MR) is 106 cm³/mol. The van der Waals surface area contributed by atoms with Gasteiger partial charge in [0.25, 0.3) is 5.82 Å². The summed E-state index contributed by atoms with van der Waals surface area (Å²) in [6, 6.07) is 10.9. The van der Waals surface area contributed by atoms with Gasteiger partial charge in [0, 0.05) is 18.6 Å². The van der Waals surface area contributed by atoms with Crippen LogP contribution in [0, 0.1) is 6.92 Å². The molecule has 1 aromatic heterocycles. The fourth-order valence-electron chi connectivity index (χ4n) is 3.46. The van der Waals surface area contributed by atoms with E-state index in [4.69, 9.17) is 4.74 Å². The van der Waals surface area contributed by atoms with Gasteiger partial charge in [0.05, 0.1) is 18.7 Å². The van der Waals surface area contributed by atoms with Gasteiger partial charge in [-0.1, -0.05) is 0 Å². The first kappa shape index (κ1) is 21.4. The monoisotopic (exact) mass is 417 g/mol. The fourth-order valence-corrected chi connectivity index (χ4v) is 3.46. The molecule has 0 amide bonds. The lowest BCUT2D eigenvalue weighted by molar-refractivity contribution is -0.674. The number of nitrogens with zero attached hydrogens (tertiary/aromatic N) is 2. The summed E-state index contributed by atoms with van der Waals surface area (Å²) in [5, 5.41) is 0. The van der Waals surface area contributed by atoms with E-state index >= 15 is 0 Å². The molecule has 0 N–H and O–H groups in total. The molecule has 0 aliphatic rings. The second-order valence-corrected chi connectivity index (χ2v) is 6.63. The van der Waals surface area contributed by atoms with Crippen LogP contribution in [0.3, 0.4) is 0 Å². The van der Waals surface area contributed by atoms with Crippen molar-refractivity contribution in [1.29, 1.82) is 0 Å². The molecule has 0 atom stereocenters. The topological polar surface area (TPSA) is 61.4 Å². The minimum atomic E-state index is -2.92. The maximum atomic E-state index is 12.9. The van der Waals surface area contributed by atoms with E-state index in [0.29, 0.717) is 17.7 Å². The van der Waals surface area contributed by atoms with Crippen LogP contribution in [0.2, 0.25) is 0 Å². The van der Waals surface area contributed by atoms with Gasteiger partial charge >= 0.3 is 12.6 Å². The van der Waals surface area contributed by atoms with Gasteiger partial charge in [-0.2, -0.15) is 8.78 Å². The van der Waals surface area contributed by atoms with Crippen LogP contribution >= 0.6 is 0 Å². The summed E-state index contributed by atoms with van der Waals surface area (Å²) in [6.07, 6.45) is 0. The van der Waals surface area contributed by atoms with Crippen LogP contribution < -0.4 is 9.30 Å². The lowest BCUT2D eigenvalue weighted by atomic mass is 10.1. The molecular formula is C22H23F2N2O4+. The summed E-state index contributed by atoms with van der Waals surface area (Å²) in [6.45, 7) is 3.73. The first-order valence-corrected chi connectivity index (χ1v) is 9.63. The number of benzene rings is 2. The molecule has 0 bridgehead atoms. The zero-order chi connectivity index (χ0) is 21.8. The van der Waals surface area contributed by atoms with E-state index in [1.165, 1.54) is 24.3 Å². The van der Waals surface area contributed by atoms with Crippen LogP contribution in [-0.2, 0) is 17.8 Å². The number of alkyl halides is 2. The lowest BCUT2D eigenvalue weighted by Crippen LogP contribution is -2.35. The molecule has 6 nitrogen and oxygen atoms in total. The number of esters is 1. The van der Waals surface area contributed by atoms with Gasteiger partial charge in [0.15, 0.2) is 17.6 Å². The predicted octanol–water partition coefficient (Wildman–Crippen LogP) is 3.92. The van der Waals surface area contributed by atoms with Crippen LogP contribution in [0.4, 0.5) is 8.78 Å². The third-order valence-electron chi connectivity index (χ3n) is 4.87. The van der Waals surface area contributed by atoms with Crippen LogP contribution in [-0.4, -0.2) is 29.5 Å². The van der Waals surface area contributed by atoms with Crippen molar-refractivity contribution < 1.29 is 32.4 Å². The van der Waals surface area contributed by atoms with Gasteiger partial charge in [-0.3, -0.25) is 4.79 Å². The van der Waals surface area contributed by atoms with Crippen molar-refractivity contribution >= 4 is 22.8 Å². The number of Topliss-reactive ketones (excluding diaryl/α,β-unsaturated/α-hetero) is 1. The number of ketones is 1. The molecule has 0 unspecified atom stereocenters. The second-order valence-electron chi connectivity index (χ2n) is 6.63. The molecule has 0 fully saturated rings. The number of carbonyl (C=O) groups excluding carboxylic acids is 2. The van der Waals surface area contributed by atoms with Crippen molar-refractivity contribution in [1.82, 2.24) is 4.57 Å². The minimum Gasteiger partial charge on any atom is -0.462 e. The summed E-state index contributed by atoms with van der Waals surface area (Å²) in [5.74, 6) is 0.240. The van der Waals surface area contributed by atoms with Gasteiger partial charge in [0.1, 0.15) is 5.75 Å². The fraction of sp³-hybridized carbons (Fsp3) is 0.318. The van der Waals surface area contributed by atoms with Crippen LogP contribution in [0.15, 0.2) is 42.5 Å². The molecule has 0 aliphatic carbocycles. The van der Waals surface area contributed by atoms with E-state index in [-0.39, 0.29) is 24.7 Å². The molecule has 2 aromatic carbocycles. The number of ether oxygens (including phenoxy) is 2. The quantitative estimate of drug-likeness (QED) is 0.317. The zero-order valence-electron chi connectivity index (χ0n) is 17.0. The normalized spacial score (nSPS) is 11.1. The van der Waals surface area contributed by atoms with E-state index in [0.717, 1.165) is 16.9 Å². The van der Waals surface area contributed by atoms with Gasteiger partial charge < -0.3 is 9.47 Å². The van der Waals surface area contributed by atoms with E-state index < -0.39 is 12.6 Å². The third kappa shape index (κ3) is 4.32. The summed E-state index contributed by atoms with van der Waals surface area (Å²) >= 11 is 0. The Morgan fingerprint density at radius 3 is 2.33 bits per heavy atom. The number of hydrogen-bond donors (Lipinski definition) is 0. The second kappa shape index (κ2) is 9.02. The Labute approximate surface area is 172 Å². The molecule has 0 radical (unpaired) electrons. The van der Waals surface area contributed by atoms with Gasteiger partial charge in [-0.25, -0.2) is 13.9 Å². The molecule has 3 aromatic rings. The molecule has 0 aliphatic heterocycles. The number of carbonyl (C=O) groups is 2. The molecule has 0 saturated heterocycles. The molecule has 3 rings (SSSR count). The number of aryl methyl sites for hydroxylation is 1. The number of fused-ring (bicyclic) bond motifs is 1. The van der Waals surface area contributed by atoms with Crippen molar-refractivity contribution in [2.24, 2.45) is 0 Å². The molecule has 1 heterocycles.